The molecule has 0 radical (unpaired) electrons. The van der Waals surface area contributed by atoms with Gasteiger partial charge in [-0.3, -0.25) is 4.57 Å². The van der Waals surface area contributed by atoms with Gasteiger partial charge in [0.15, 0.2) is 0 Å². The van der Waals surface area contributed by atoms with Crippen LogP contribution in [0.1, 0.15) is 67.3 Å². The van der Waals surface area contributed by atoms with E-state index in [2.05, 4.69) is 126 Å². The Morgan fingerprint density at radius 3 is 2.08 bits per heavy atom. The normalized spacial score (nSPS) is 11.9. The van der Waals surface area contributed by atoms with Crippen LogP contribution in [0.15, 0.2) is 83.5 Å². The highest BCUT2D eigenvalue weighted by molar-refractivity contribution is 5.98. The fraction of sp³-hybridized carbons (Fsp3) is 0.250. The van der Waals surface area contributed by atoms with Gasteiger partial charge in [-0.05, 0) is 90.3 Å². The zero-order valence-electron chi connectivity index (χ0n) is 24.0. The Morgan fingerprint density at radius 2 is 1.41 bits per heavy atom. The standard InChI is InChI=1S/C36H36N2O/c1-21(2)27-11-10-12-28(22(3)4)35(27)38-32-14-9-8-13-31(32)37-36(38)30-20-39-33-16-15-26(19-29(30)33)34-24(6)17-23(5)18-25(34)7/h8-22H,1-7H3. The molecule has 0 aliphatic heterocycles. The second-order valence-corrected chi connectivity index (χ2v) is 11.5. The Hall–Kier alpha value is -4.11. The van der Waals surface area contributed by atoms with Crippen LogP contribution in [0.3, 0.4) is 0 Å². The molecule has 0 unspecified atom stereocenters. The van der Waals surface area contributed by atoms with Crippen molar-refractivity contribution in [1.82, 2.24) is 9.55 Å². The van der Waals surface area contributed by atoms with E-state index < -0.39 is 0 Å². The van der Waals surface area contributed by atoms with Gasteiger partial charge in [0.2, 0.25) is 0 Å². The second-order valence-electron chi connectivity index (χ2n) is 11.5. The van der Waals surface area contributed by atoms with E-state index >= 15 is 0 Å². The van der Waals surface area contributed by atoms with E-state index in [4.69, 9.17) is 9.40 Å². The maximum absolute atomic E-state index is 6.16. The average Bonchev–Trinajstić information content (AvgIpc) is 3.48. The summed E-state index contributed by atoms with van der Waals surface area (Å²) in [6.45, 7) is 15.6. The zero-order valence-corrected chi connectivity index (χ0v) is 24.0. The predicted octanol–water partition coefficient (Wildman–Crippen LogP) is 10.3. The highest BCUT2D eigenvalue weighted by Gasteiger charge is 2.24. The topological polar surface area (TPSA) is 31.0 Å². The number of aromatic nitrogens is 2. The monoisotopic (exact) mass is 512 g/mol. The van der Waals surface area contributed by atoms with Crippen molar-refractivity contribution in [2.45, 2.75) is 60.3 Å². The van der Waals surface area contributed by atoms with Crippen molar-refractivity contribution >= 4 is 22.0 Å². The van der Waals surface area contributed by atoms with Gasteiger partial charge in [0.1, 0.15) is 17.7 Å². The fourth-order valence-electron chi connectivity index (χ4n) is 6.20. The number of para-hydroxylation sites is 3. The lowest BCUT2D eigenvalue weighted by atomic mass is 9.92. The van der Waals surface area contributed by atoms with Gasteiger partial charge in [-0.15, -0.1) is 0 Å². The van der Waals surface area contributed by atoms with Crippen molar-refractivity contribution < 1.29 is 4.42 Å². The minimum atomic E-state index is 0.368. The first kappa shape index (κ1) is 25.2. The van der Waals surface area contributed by atoms with Gasteiger partial charge in [0.05, 0.1) is 22.3 Å². The highest BCUT2D eigenvalue weighted by atomic mass is 16.3. The molecule has 3 nitrogen and oxygen atoms in total. The number of hydrogen-bond acceptors (Lipinski definition) is 2. The van der Waals surface area contributed by atoms with Crippen molar-refractivity contribution in [3.8, 4) is 28.2 Å². The molecule has 6 aromatic rings. The summed E-state index contributed by atoms with van der Waals surface area (Å²) in [5.41, 5.74) is 14.2. The SMILES string of the molecule is Cc1cc(C)c(-c2ccc3occ(-c4nc5ccccc5n4-c4c(C(C)C)cccc4C(C)C)c3c2)c(C)c1. The lowest BCUT2D eigenvalue weighted by Crippen LogP contribution is -2.08. The number of aryl methyl sites for hydroxylation is 3. The number of imidazole rings is 1. The van der Waals surface area contributed by atoms with Crippen molar-refractivity contribution in [2.75, 3.05) is 0 Å². The Morgan fingerprint density at radius 1 is 0.744 bits per heavy atom. The van der Waals surface area contributed by atoms with Crippen molar-refractivity contribution in [3.05, 3.63) is 107 Å². The molecule has 0 atom stereocenters. The molecule has 6 rings (SSSR count). The zero-order chi connectivity index (χ0) is 27.4. The molecule has 0 saturated heterocycles. The second kappa shape index (κ2) is 9.57. The van der Waals surface area contributed by atoms with Gasteiger partial charge in [0, 0.05) is 5.39 Å². The summed E-state index contributed by atoms with van der Waals surface area (Å²) in [5.74, 6) is 1.65. The van der Waals surface area contributed by atoms with Crippen LogP contribution in [0.2, 0.25) is 0 Å². The molecule has 0 N–H and O–H groups in total. The number of fused-ring (bicyclic) bond motifs is 2. The summed E-state index contributed by atoms with van der Waals surface area (Å²) in [6.07, 6.45) is 1.88. The van der Waals surface area contributed by atoms with E-state index in [9.17, 15) is 0 Å². The number of benzene rings is 4. The van der Waals surface area contributed by atoms with Gasteiger partial charge in [0.25, 0.3) is 0 Å². The molecule has 4 aromatic carbocycles. The summed E-state index contributed by atoms with van der Waals surface area (Å²) in [4.78, 5) is 5.23. The third-order valence-electron chi connectivity index (χ3n) is 7.91. The van der Waals surface area contributed by atoms with Crippen LogP contribution in [0.25, 0.3) is 50.2 Å². The fourth-order valence-corrected chi connectivity index (χ4v) is 6.20. The Labute approximate surface area is 231 Å². The first-order valence-electron chi connectivity index (χ1n) is 13.9. The number of furan rings is 1. The summed E-state index contributed by atoms with van der Waals surface area (Å²) in [5, 5.41) is 1.08. The molecular weight excluding hydrogens is 476 g/mol. The molecule has 3 heteroatoms. The Kier molecular flexibility index (Phi) is 6.18. The van der Waals surface area contributed by atoms with Crippen LogP contribution in [0, 0.1) is 20.8 Å². The van der Waals surface area contributed by atoms with Crippen LogP contribution in [0.4, 0.5) is 0 Å². The van der Waals surface area contributed by atoms with Crippen molar-refractivity contribution in [1.29, 1.82) is 0 Å². The molecular formula is C36H36N2O. The van der Waals surface area contributed by atoms with E-state index in [0.29, 0.717) is 11.8 Å². The summed E-state index contributed by atoms with van der Waals surface area (Å²) >= 11 is 0. The molecule has 0 amide bonds. The number of nitrogens with zero attached hydrogens (tertiary/aromatic N) is 2. The van der Waals surface area contributed by atoms with E-state index in [1.165, 1.54) is 44.6 Å². The Balaban J connectivity index is 1.67. The number of rotatable bonds is 5. The van der Waals surface area contributed by atoms with Gasteiger partial charge >= 0.3 is 0 Å². The minimum Gasteiger partial charge on any atom is -0.464 e. The molecule has 0 spiro atoms. The van der Waals surface area contributed by atoms with Gasteiger partial charge in [-0.2, -0.15) is 0 Å². The minimum absolute atomic E-state index is 0.368. The first-order chi connectivity index (χ1) is 18.7. The summed E-state index contributed by atoms with van der Waals surface area (Å²) in [7, 11) is 0. The average molecular weight is 513 g/mol. The molecule has 0 saturated carbocycles. The Bertz CT molecular complexity index is 1800. The van der Waals surface area contributed by atoms with Crippen molar-refractivity contribution in [2.24, 2.45) is 0 Å². The quantitative estimate of drug-likeness (QED) is 0.230. The first-order valence-corrected chi connectivity index (χ1v) is 13.9. The number of hydrogen-bond donors (Lipinski definition) is 0. The van der Waals surface area contributed by atoms with Gasteiger partial charge < -0.3 is 4.42 Å². The van der Waals surface area contributed by atoms with E-state index in [1.54, 1.807) is 0 Å². The lowest BCUT2D eigenvalue weighted by Gasteiger charge is -2.22. The van der Waals surface area contributed by atoms with E-state index in [-0.39, 0.29) is 0 Å². The highest BCUT2D eigenvalue weighted by Crippen LogP contribution is 2.41. The largest absolute Gasteiger partial charge is 0.464 e. The third kappa shape index (κ3) is 4.17. The summed E-state index contributed by atoms with van der Waals surface area (Å²) < 4.78 is 8.54. The van der Waals surface area contributed by atoms with E-state index in [0.717, 1.165) is 33.4 Å². The van der Waals surface area contributed by atoms with Gasteiger partial charge in [-0.1, -0.05) is 81.8 Å². The van der Waals surface area contributed by atoms with Gasteiger partial charge in [-0.25, -0.2) is 4.98 Å². The third-order valence-corrected chi connectivity index (χ3v) is 7.91. The summed E-state index contributed by atoms with van der Waals surface area (Å²) in [6, 6.07) is 26.3. The van der Waals surface area contributed by atoms with Crippen LogP contribution < -0.4 is 0 Å². The van der Waals surface area contributed by atoms with Crippen LogP contribution in [-0.4, -0.2) is 9.55 Å². The molecule has 2 heterocycles. The van der Waals surface area contributed by atoms with Crippen LogP contribution in [-0.2, 0) is 0 Å². The lowest BCUT2D eigenvalue weighted by molar-refractivity contribution is 0.616. The van der Waals surface area contributed by atoms with Crippen molar-refractivity contribution in [3.63, 3.8) is 0 Å². The van der Waals surface area contributed by atoms with E-state index in [1.807, 2.05) is 6.26 Å². The molecule has 2 aromatic heterocycles. The molecule has 196 valence electrons. The molecule has 0 aliphatic rings. The maximum Gasteiger partial charge on any atom is 0.149 e. The van der Waals surface area contributed by atoms with Crippen LogP contribution in [0.5, 0.6) is 0 Å². The predicted molar refractivity (Wildman–Crippen MR) is 164 cm³/mol. The molecule has 0 bridgehead atoms. The maximum atomic E-state index is 6.16. The molecule has 39 heavy (non-hydrogen) atoms. The molecule has 0 aliphatic carbocycles. The van der Waals surface area contributed by atoms with Crippen LogP contribution >= 0.6 is 0 Å². The molecule has 0 fully saturated rings. The smallest absolute Gasteiger partial charge is 0.149 e.